The first-order valence-electron chi connectivity index (χ1n) is 12.1. The van der Waals surface area contributed by atoms with Gasteiger partial charge in [0, 0.05) is 37.3 Å². The summed E-state index contributed by atoms with van der Waals surface area (Å²) >= 11 is 0. The second-order valence-corrected chi connectivity index (χ2v) is 9.34. The smallest absolute Gasteiger partial charge is 0.237 e. The lowest BCUT2D eigenvalue weighted by atomic mass is 9.76. The van der Waals surface area contributed by atoms with E-state index in [4.69, 9.17) is 4.84 Å². The van der Waals surface area contributed by atoms with Crippen LogP contribution >= 0.6 is 0 Å². The molecule has 4 aliphatic rings. The van der Waals surface area contributed by atoms with E-state index in [1.807, 2.05) is 0 Å². The second kappa shape index (κ2) is 11.5. The monoisotopic (exact) mass is 437 g/mol. The number of carbonyl (C=O) groups excluding carboxylic acids is 2. The van der Waals surface area contributed by atoms with Gasteiger partial charge in [0.15, 0.2) is 0 Å². The Morgan fingerprint density at radius 3 is 2.90 bits per heavy atom. The molecule has 31 heavy (non-hydrogen) atoms. The molecular weight excluding hydrogens is 398 g/mol. The third-order valence-corrected chi connectivity index (χ3v) is 7.12. The SMILES string of the molecule is O=C(CCC1NC(C2CCCNC2)NO1)NCCCNC1NNC(=O)C2CCCCC12. The van der Waals surface area contributed by atoms with Crippen LogP contribution in [0.25, 0.3) is 0 Å². The highest BCUT2D eigenvalue weighted by molar-refractivity contribution is 5.79. The maximum Gasteiger partial charge on any atom is 0.237 e. The summed E-state index contributed by atoms with van der Waals surface area (Å²) < 4.78 is 0. The van der Waals surface area contributed by atoms with Crippen molar-refractivity contribution in [3.63, 3.8) is 0 Å². The van der Waals surface area contributed by atoms with Crippen molar-refractivity contribution in [1.82, 2.24) is 37.6 Å². The molecule has 7 N–H and O–H groups in total. The summed E-state index contributed by atoms with van der Waals surface area (Å²) in [6.07, 6.45) is 8.90. The van der Waals surface area contributed by atoms with E-state index in [0.29, 0.717) is 31.2 Å². The average molecular weight is 438 g/mol. The van der Waals surface area contributed by atoms with Crippen LogP contribution in [0.2, 0.25) is 0 Å². The third kappa shape index (κ3) is 6.36. The van der Waals surface area contributed by atoms with Gasteiger partial charge in [-0.05, 0) is 51.6 Å². The Kier molecular flexibility index (Phi) is 8.51. The molecule has 6 atom stereocenters. The zero-order valence-electron chi connectivity index (χ0n) is 18.4. The van der Waals surface area contributed by atoms with Crippen molar-refractivity contribution >= 4 is 11.8 Å². The Morgan fingerprint density at radius 1 is 1.13 bits per heavy atom. The Bertz CT molecular complexity index is 602. The normalized spacial score (nSPS) is 35.9. The average Bonchev–Trinajstić information content (AvgIpc) is 3.29. The highest BCUT2D eigenvalue weighted by atomic mass is 16.7. The zero-order chi connectivity index (χ0) is 21.5. The molecule has 2 amide bonds. The number of rotatable bonds is 9. The fourth-order valence-electron chi connectivity index (χ4n) is 5.32. The molecule has 176 valence electrons. The molecule has 0 aromatic rings. The molecule has 3 heterocycles. The number of hydrogen-bond acceptors (Lipinski definition) is 8. The van der Waals surface area contributed by atoms with Crippen LogP contribution in [0.15, 0.2) is 0 Å². The molecule has 0 aromatic carbocycles. The van der Waals surface area contributed by atoms with Crippen molar-refractivity contribution in [2.75, 3.05) is 26.2 Å². The predicted octanol–water partition coefficient (Wildman–Crippen LogP) is -0.594. The van der Waals surface area contributed by atoms with E-state index in [9.17, 15) is 9.59 Å². The van der Waals surface area contributed by atoms with Gasteiger partial charge in [-0.15, -0.1) is 0 Å². The quantitative estimate of drug-likeness (QED) is 0.239. The molecule has 1 saturated carbocycles. The van der Waals surface area contributed by atoms with Gasteiger partial charge < -0.3 is 16.0 Å². The fraction of sp³-hybridized carbons (Fsp3) is 0.905. The lowest BCUT2D eigenvalue weighted by molar-refractivity contribution is -0.134. The Labute approximate surface area is 184 Å². The lowest BCUT2D eigenvalue weighted by Gasteiger charge is -2.41. The van der Waals surface area contributed by atoms with E-state index in [1.165, 1.54) is 19.3 Å². The molecule has 1 aliphatic carbocycles. The summed E-state index contributed by atoms with van der Waals surface area (Å²) in [5, 5.41) is 13.4. The van der Waals surface area contributed by atoms with Crippen LogP contribution < -0.4 is 37.6 Å². The van der Waals surface area contributed by atoms with Crippen LogP contribution in [0, 0.1) is 17.8 Å². The van der Waals surface area contributed by atoms with E-state index < -0.39 is 0 Å². The molecule has 10 heteroatoms. The summed E-state index contributed by atoms with van der Waals surface area (Å²) in [4.78, 5) is 29.8. The van der Waals surface area contributed by atoms with Gasteiger partial charge in [0.1, 0.15) is 6.23 Å². The maximum absolute atomic E-state index is 12.2. The Hall–Kier alpha value is -1.30. The molecule has 6 unspecified atom stereocenters. The van der Waals surface area contributed by atoms with Crippen LogP contribution in [-0.2, 0) is 14.4 Å². The topological polar surface area (TPSA) is 128 Å². The highest BCUT2D eigenvalue weighted by Crippen LogP contribution is 2.33. The first kappa shape index (κ1) is 22.9. The number of fused-ring (bicyclic) bond motifs is 1. The molecule has 0 aromatic heterocycles. The van der Waals surface area contributed by atoms with Crippen molar-refractivity contribution in [2.24, 2.45) is 17.8 Å². The molecule has 4 rings (SSSR count). The van der Waals surface area contributed by atoms with Crippen molar-refractivity contribution in [3.05, 3.63) is 0 Å². The van der Waals surface area contributed by atoms with Gasteiger partial charge >= 0.3 is 0 Å². The third-order valence-electron chi connectivity index (χ3n) is 7.12. The van der Waals surface area contributed by atoms with Crippen molar-refractivity contribution in [1.29, 1.82) is 0 Å². The van der Waals surface area contributed by atoms with E-state index in [0.717, 1.165) is 45.3 Å². The first-order chi connectivity index (χ1) is 15.2. The number of hydrazine groups is 1. The maximum atomic E-state index is 12.2. The standard InChI is InChI=1S/C21H39N7O3/c29-17(8-9-18-25-19(28-31-18)14-5-3-10-22-13-14)23-11-4-12-24-20-15-6-1-2-7-16(15)21(30)27-26-20/h14-16,18-20,22,24-26,28H,1-13H2,(H,23,29)(H,27,30). The summed E-state index contributed by atoms with van der Waals surface area (Å²) in [6.45, 7) is 3.54. The van der Waals surface area contributed by atoms with Gasteiger partial charge in [0.05, 0.1) is 12.3 Å². The van der Waals surface area contributed by atoms with Crippen molar-refractivity contribution in [3.8, 4) is 0 Å². The summed E-state index contributed by atoms with van der Waals surface area (Å²) in [7, 11) is 0. The number of hydroxylamine groups is 1. The molecule has 10 nitrogen and oxygen atoms in total. The summed E-state index contributed by atoms with van der Waals surface area (Å²) in [5.74, 6) is 1.20. The summed E-state index contributed by atoms with van der Waals surface area (Å²) in [5.41, 5.74) is 9.02. The molecule has 0 radical (unpaired) electrons. The largest absolute Gasteiger partial charge is 0.356 e. The van der Waals surface area contributed by atoms with Gasteiger partial charge in [-0.25, -0.2) is 5.43 Å². The fourth-order valence-corrected chi connectivity index (χ4v) is 5.32. The number of amides is 2. The van der Waals surface area contributed by atoms with Gasteiger partial charge in [-0.1, -0.05) is 12.8 Å². The second-order valence-electron chi connectivity index (χ2n) is 9.34. The number of carbonyl (C=O) groups is 2. The van der Waals surface area contributed by atoms with Gasteiger partial charge in [-0.3, -0.25) is 25.2 Å². The van der Waals surface area contributed by atoms with Gasteiger partial charge in [-0.2, -0.15) is 5.48 Å². The number of piperidine rings is 1. The van der Waals surface area contributed by atoms with Crippen molar-refractivity contribution < 1.29 is 14.4 Å². The predicted molar refractivity (Wildman–Crippen MR) is 116 cm³/mol. The number of hydrogen-bond donors (Lipinski definition) is 7. The van der Waals surface area contributed by atoms with Gasteiger partial charge in [0.2, 0.25) is 11.8 Å². The molecule has 3 saturated heterocycles. The van der Waals surface area contributed by atoms with Crippen LogP contribution in [0.4, 0.5) is 0 Å². The minimum Gasteiger partial charge on any atom is -0.356 e. The van der Waals surface area contributed by atoms with Gasteiger partial charge in [0.25, 0.3) is 0 Å². The minimum absolute atomic E-state index is 0.0589. The van der Waals surface area contributed by atoms with Crippen LogP contribution in [0.5, 0.6) is 0 Å². The molecule has 0 spiro atoms. The highest BCUT2D eigenvalue weighted by Gasteiger charge is 2.39. The molecule has 4 fully saturated rings. The molecular formula is C21H39N7O3. The van der Waals surface area contributed by atoms with E-state index >= 15 is 0 Å². The van der Waals surface area contributed by atoms with E-state index in [-0.39, 0.29) is 36.3 Å². The Balaban J connectivity index is 1.05. The van der Waals surface area contributed by atoms with Crippen LogP contribution in [-0.4, -0.2) is 56.6 Å². The van der Waals surface area contributed by atoms with E-state index in [1.54, 1.807) is 0 Å². The van der Waals surface area contributed by atoms with Crippen molar-refractivity contribution in [2.45, 2.75) is 76.3 Å². The first-order valence-corrected chi connectivity index (χ1v) is 12.1. The lowest BCUT2D eigenvalue weighted by Crippen LogP contribution is -2.64. The molecule has 3 aliphatic heterocycles. The molecule has 0 bridgehead atoms. The van der Waals surface area contributed by atoms with Crippen LogP contribution in [0.1, 0.15) is 57.8 Å². The zero-order valence-corrected chi connectivity index (χ0v) is 18.4. The van der Waals surface area contributed by atoms with Crippen LogP contribution in [0.3, 0.4) is 0 Å². The Morgan fingerprint density at radius 2 is 2.03 bits per heavy atom. The van der Waals surface area contributed by atoms with E-state index in [2.05, 4.69) is 37.6 Å². The minimum atomic E-state index is -0.115. The number of nitrogens with one attached hydrogen (secondary N) is 7. The summed E-state index contributed by atoms with van der Waals surface area (Å²) in [6, 6.07) is 0.